The first-order chi connectivity index (χ1) is 12.1. The number of nitrogens with zero attached hydrogens (tertiary/aromatic N) is 3. The molecule has 2 aromatic rings. The number of amides is 1. The third kappa shape index (κ3) is 5.15. The second-order valence-corrected chi connectivity index (χ2v) is 7.14. The van der Waals surface area contributed by atoms with Crippen LogP contribution in [0.1, 0.15) is 4.88 Å². The summed E-state index contributed by atoms with van der Waals surface area (Å²) in [5.74, 6) is 0.729. The average Bonchev–Trinajstić information content (AvgIpc) is 3.01. The molecule has 0 aliphatic carbocycles. The van der Waals surface area contributed by atoms with Gasteiger partial charge < -0.3 is 15.8 Å². The Bertz CT molecular complexity index is 713. The van der Waals surface area contributed by atoms with Gasteiger partial charge in [0.05, 0.1) is 13.7 Å². The van der Waals surface area contributed by atoms with Crippen molar-refractivity contribution >= 4 is 28.1 Å². The Morgan fingerprint density at radius 3 is 2.76 bits per heavy atom. The topological polar surface area (TPSA) is 83.7 Å². The van der Waals surface area contributed by atoms with Crippen LogP contribution in [0.5, 0.6) is 5.75 Å². The zero-order chi connectivity index (χ0) is 17.6. The van der Waals surface area contributed by atoms with Crippen molar-refractivity contribution in [1.82, 2.24) is 14.8 Å². The number of aromatic nitrogens is 1. The largest absolute Gasteiger partial charge is 0.497 e. The van der Waals surface area contributed by atoms with Crippen LogP contribution in [0.3, 0.4) is 0 Å². The van der Waals surface area contributed by atoms with Gasteiger partial charge in [-0.15, -0.1) is 11.3 Å². The maximum absolute atomic E-state index is 12.2. The maximum Gasteiger partial charge on any atom is 0.238 e. The normalized spacial score (nSPS) is 15.9. The number of methoxy groups -OCH3 is 1. The van der Waals surface area contributed by atoms with Crippen LogP contribution in [-0.2, 0) is 11.3 Å². The van der Waals surface area contributed by atoms with Crippen LogP contribution < -0.4 is 15.8 Å². The lowest BCUT2D eigenvalue weighted by molar-refractivity contribution is -0.117. The van der Waals surface area contributed by atoms with Gasteiger partial charge in [-0.25, -0.2) is 4.98 Å². The molecule has 1 fully saturated rings. The fourth-order valence-electron chi connectivity index (χ4n) is 2.83. The Morgan fingerprint density at radius 1 is 1.32 bits per heavy atom. The Balaban J connectivity index is 1.42. The number of nitrogen functional groups attached to an aromatic ring is 1. The molecule has 3 rings (SSSR count). The predicted molar refractivity (Wildman–Crippen MR) is 99.9 cm³/mol. The number of carbonyl (C=O) groups excluding carboxylic acids is 1. The lowest BCUT2D eigenvalue weighted by Gasteiger charge is -2.33. The van der Waals surface area contributed by atoms with Crippen LogP contribution in [-0.4, -0.2) is 60.5 Å². The van der Waals surface area contributed by atoms with E-state index in [0.29, 0.717) is 11.7 Å². The van der Waals surface area contributed by atoms with E-state index >= 15 is 0 Å². The van der Waals surface area contributed by atoms with Crippen molar-refractivity contribution in [3.05, 3.63) is 35.3 Å². The molecule has 0 bridgehead atoms. The Morgan fingerprint density at radius 2 is 2.08 bits per heavy atom. The summed E-state index contributed by atoms with van der Waals surface area (Å²) in [5.41, 5.74) is 6.43. The lowest BCUT2D eigenvalue weighted by atomic mass is 10.3. The molecule has 1 aromatic heterocycles. The highest BCUT2D eigenvalue weighted by atomic mass is 32.1. The van der Waals surface area contributed by atoms with Crippen molar-refractivity contribution in [2.24, 2.45) is 0 Å². The third-order valence-electron chi connectivity index (χ3n) is 4.14. The van der Waals surface area contributed by atoms with Gasteiger partial charge in [-0.3, -0.25) is 14.6 Å². The van der Waals surface area contributed by atoms with E-state index in [1.807, 2.05) is 30.5 Å². The number of carbonyl (C=O) groups is 1. The van der Waals surface area contributed by atoms with Crippen molar-refractivity contribution in [2.75, 3.05) is 50.9 Å². The molecule has 1 aromatic carbocycles. The predicted octanol–water partition coefficient (Wildman–Crippen LogP) is 1.49. The molecular weight excluding hydrogens is 338 g/mol. The molecule has 7 nitrogen and oxygen atoms in total. The second kappa shape index (κ2) is 8.28. The molecule has 8 heteroatoms. The first kappa shape index (κ1) is 17.7. The van der Waals surface area contributed by atoms with E-state index in [0.717, 1.165) is 44.2 Å². The number of piperazine rings is 1. The van der Waals surface area contributed by atoms with Crippen molar-refractivity contribution in [1.29, 1.82) is 0 Å². The fraction of sp³-hybridized carbons (Fsp3) is 0.412. The fourth-order valence-corrected chi connectivity index (χ4v) is 3.55. The molecule has 0 saturated carbocycles. The minimum Gasteiger partial charge on any atom is -0.497 e. The SMILES string of the molecule is COc1cccc(NC(=O)CN2CCN(Cc3cnc(N)s3)CC2)c1. The van der Waals surface area contributed by atoms with Gasteiger partial charge in [0.15, 0.2) is 5.13 Å². The smallest absolute Gasteiger partial charge is 0.238 e. The molecule has 0 spiro atoms. The molecule has 0 atom stereocenters. The zero-order valence-corrected chi connectivity index (χ0v) is 15.1. The molecule has 134 valence electrons. The number of ether oxygens (including phenoxy) is 1. The molecule has 0 radical (unpaired) electrons. The molecule has 0 unspecified atom stereocenters. The van der Waals surface area contributed by atoms with Crippen molar-refractivity contribution in [3.63, 3.8) is 0 Å². The number of hydrogen-bond acceptors (Lipinski definition) is 7. The summed E-state index contributed by atoms with van der Waals surface area (Å²) in [7, 11) is 1.61. The van der Waals surface area contributed by atoms with E-state index in [-0.39, 0.29) is 5.91 Å². The van der Waals surface area contributed by atoms with Crippen LogP contribution in [0.4, 0.5) is 10.8 Å². The standard InChI is InChI=1S/C17H23N5O2S/c1-24-14-4-2-3-13(9-14)20-16(23)12-22-7-5-21(6-8-22)11-15-10-19-17(18)25-15/h2-4,9-10H,5-8,11-12H2,1H3,(H2,18,19)(H,20,23). The summed E-state index contributed by atoms with van der Waals surface area (Å²) < 4.78 is 5.17. The number of nitrogens with one attached hydrogen (secondary N) is 1. The lowest BCUT2D eigenvalue weighted by Crippen LogP contribution is -2.48. The second-order valence-electron chi connectivity index (χ2n) is 6.00. The Hall–Kier alpha value is -2.16. The summed E-state index contributed by atoms with van der Waals surface area (Å²) in [6.07, 6.45) is 1.84. The van der Waals surface area contributed by atoms with Gasteiger partial charge in [0.2, 0.25) is 5.91 Å². The van der Waals surface area contributed by atoms with E-state index < -0.39 is 0 Å². The minimum absolute atomic E-state index is 0.00284. The Labute approximate surface area is 151 Å². The van der Waals surface area contributed by atoms with Gasteiger partial charge in [0.1, 0.15) is 5.75 Å². The van der Waals surface area contributed by atoms with Crippen molar-refractivity contribution in [3.8, 4) is 5.75 Å². The maximum atomic E-state index is 12.2. The van der Waals surface area contributed by atoms with E-state index in [1.54, 1.807) is 7.11 Å². The highest BCUT2D eigenvalue weighted by molar-refractivity contribution is 7.15. The van der Waals surface area contributed by atoms with E-state index in [2.05, 4.69) is 20.1 Å². The van der Waals surface area contributed by atoms with Crippen LogP contribution in [0, 0.1) is 0 Å². The summed E-state index contributed by atoms with van der Waals surface area (Å²) in [6.45, 7) is 4.89. The minimum atomic E-state index is -0.00284. The highest BCUT2D eigenvalue weighted by Crippen LogP contribution is 2.18. The molecule has 25 heavy (non-hydrogen) atoms. The van der Waals surface area contributed by atoms with Gasteiger partial charge in [-0.1, -0.05) is 6.07 Å². The van der Waals surface area contributed by atoms with Crippen molar-refractivity contribution in [2.45, 2.75) is 6.54 Å². The molecular formula is C17H23N5O2S. The summed E-state index contributed by atoms with van der Waals surface area (Å²) in [4.78, 5) is 22.0. The number of thiazole rings is 1. The summed E-state index contributed by atoms with van der Waals surface area (Å²) in [6, 6.07) is 7.39. The first-order valence-electron chi connectivity index (χ1n) is 8.21. The molecule has 2 heterocycles. The van der Waals surface area contributed by atoms with Crippen LogP contribution >= 0.6 is 11.3 Å². The van der Waals surface area contributed by atoms with E-state index in [4.69, 9.17) is 10.5 Å². The van der Waals surface area contributed by atoms with E-state index in [1.165, 1.54) is 16.2 Å². The van der Waals surface area contributed by atoms with Gasteiger partial charge >= 0.3 is 0 Å². The Kier molecular flexibility index (Phi) is 5.85. The van der Waals surface area contributed by atoms with Crippen LogP contribution in [0.15, 0.2) is 30.5 Å². The highest BCUT2D eigenvalue weighted by Gasteiger charge is 2.19. The number of hydrogen-bond donors (Lipinski definition) is 2. The molecule has 3 N–H and O–H groups in total. The van der Waals surface area contributed by atoms with Gasteiger partial charge in [-0.05, 0) is 12.1 Å². The van der Waals surface area contributed by atoms with Crippen LogP contribution in [0.25, 0.3) is 0 Å². The summed E-state index contributed by atoms with van der Waals surface area (Å²) in [5, 5.41) is 3.54. The number of anilines is 2. The number of benzene rings is 1. The number of nitrogens with two attached hydrogens (primary N) is 1. The molecule has 1 saturated heterocycles. The average molecular weight is 361 g/mol. The third-order valence-corrected chi connectivity index (χ3v) is 4.95. The molecule has 1 aliphatic heterocycles. The first-order valence-corrected chi connectivity index (χ1v) is 9.03. The van der Waals surface area contributed by atoms with Gasteiger partial charge in [0, 0.05) is 55.6 Å². The van der Waals surface area contributed by atoms with Gasteiger partial charge in [-0.2, -0.15) is 0 Å². The quantitative estimate of drug-likeness (QED) is 0.811. The summed E-state index contributed by atoms with van der Waals surface area (Å²) >= 11 is 1.53. The zero-order valence-electron chi connectivity index (χ0n) is 14.3. The van der Waals surface area contributed by atoms with Crippen LogP contribution in [0.2, 0.25) is 0 Å². The van der Waals surface area contributed by atoms with E-state index in [9.17, 15) is 4.79 Å². The number of rotatable bonds is 6. The monoisotopic (exact) mass is 361 g/mol. The van der Waals surface area contributed by atoms with Crippen molar-refractivity contribution < 1.29 is 9.53 Å². The molecule has 1 amide bonds. The van der Waals surface area contributed by atoms with Gasteiger partial charge in [0.25, 0.3) is 0 Å². The molecule has 1 aliphatic rings.